The van der Waals surface area contributed by atoms with Crippen LogP contribution in [-0.4, -0.2) is 80.0 Å². The maximum absolute atomic E-state index is 12.6. The Labute approximate surface area is 188 Å². The first-order chi connectivity index (χ1) is 15.8. The van der Waals surface area contributed by atoms with Gasteiger partial charge in [0.25, 0.3) is 0 Å². The first-order valence-corrected chi connectivity index (χ1v) is 10.3. The number of hydrogen-bond acceptors (Lipinski definition) is 10. The van der Waals surface area contributed by atoms with Crippen LogP contribution in [0.5, 0.6) is 17.2 Å². The minimum atomic E-state index is -1.64. The zero-order chi connectivity index (χ0) is 23.7. The smallest absolute Gasteiger partial charge is 0.336 e. The maximum Gasteiger partial charge on any atom is 0.336 e. The van der Waals surface area contributed by atoms with E-state index in [0.29, 0.717) is 16.7 Å². The largest absolute Gasteiger partial charge is 0.508 e. The van der Waals surface area contributed by atoms with Crippen molar-refractivity contribution in [2.24, 2.45) is 0 Å². The average molecular weight is 460 g/mol. The molecule has 10 heteroatoms. The number of carbonyl (C=O) groups excluding carboxylic acids is 1. The third-order valence-corrected chi connectivity index (χ3v) is 5.63. The quantitative estimate of drug-likeness (QED) is 0.266. The summed E-state index contributed by atoms with van der Waals surface area (Å²) in [5.74, 6) is -0.702. The molecule has 33 heavy (non-hydrogen) atoms. The van der Waals surface area contributed by atoms with Gasteiger partial charge >= 0.3 is 5.97 Å². The molecule has 6 N–H and O–H groups in total. The number of aliphatic hydroxyl groups is 4. The minimum absolute atomic E-state index is 0.0139. The number of esters is 1. The molecule has 0 spiro atoms. The lowest BCUT2D eigenvalue weighted by atomic mass is 9.93. The summed E-state index contributed by atoms with van der Waals surface area (Å²) >= 11 is 0. The predicted molar refractivity (Wildman–Crippen MR) is 112 cm³/mol. The van der Waals surface area contributed by atoms with Crippen LogP contribution in [0.1, 0.15) is 11.1 Å². The van der Waals surface area contributed by atoms with Crippen LogP contribution in [0.25, 0.3) is 5.57 Å². The first-order valence-electron chi connectivity index (χ1n) is 10.3. The molecule has 4 rings (SSSR count). The van der Waals surface area contributed by atoms with Crippen molar-refractivity contribution < 1.29 is 49.6 Å². The van der Waals surface area contributed by atoms with E-state index >= 15 is 0 Å². The summed E-state index contributed by atoms with van der Waals surface area (Å²) in [4.78, 5) is 12.6. The molecule has 10 nitrogen and oxygen atoms in total. The van der Waals surface area contributed by atoms with Crippen molar-refractivity contribution in [1.82, 2.24) is 0 Å². The normalized spacial score (nSPS) is 31.5. The van der Waals surface area contributed by atoms with Crippen molar-refractivity contribution in [1.29, 1.82) is 0 Å². The van der Waals surface area contributed by atoms with Crippen molar-refractivity contribution in [3.8, 4) is 17.2 Å². The van der Waals surface area contributed by atoms with E-state index in [-0.39, 0.29) is 23.7 Å². The van der Waals surface area contributed by atoms with Crippen LogP contribution in [-0.2, 0) is 20.7 Å². The SMILES string of the molecule is O=C1/C=C(/c2ccc(O)cc2)C(OC2OC(CO)C(O)C(O)C2O)Cc2ccc(O)cc2O1. The lowest BCUT2D eigenvalue weighted by molar-refractivity contribution is -0.306. The Hall–Kier alpha value is -2.99. The summed E-state index contributed by atoms with van der Waals surface area (Å²) in [6.07, 6.45) is -7.05. The standard InChI is InChI=1S/C23H24O10/c24-10-18-20(28)21(29)22(30)23(33-18)32-17-7-12-3-6-14(26)8-16(12)31-19(27)9-15(17)11-1-4-13(25)5-2-11/h1-6,8-9,17-18,20-26,28-30H,7,10H2/b15-9-. The molecule has 0 aromatic heterocycles. The fraction of sp³-hybridized carbons (Fsp3) is 0.348. The molecule has 6 unspecified atom stereocenters. The second kappa shape index (κ2) is 9.48. The van der Waals surface area contributed by atoms with Crippen LogP contribution >= 0.6 is 0 Å². The van der Waals surface area contributed by atoms with Crippen LogP contribution in [0.4, 0.5) is 0 Å². The highest BCUT2D eigenvalue weighted by Crippen LogP contribution is 2.35. The highest BCUT2D eigenvalue weighted by Gasteiger charge is 2.45. The molecule has 0 aliphatic carbocycles. The van der Waals surface area contributed by atoms with Gasteiger partial charge in [0.05, 0.1) is 12.7 Å². The summed E-state index contributed by atoms with van der Waals surface area (Å²) in [5.41, 5.74) is 1.37. The lowest BCUT2D eigenvalue weighted by Gasteiger charge is -2.41. The average Bonchev–Trinajstić information content (AvgIpc) is 2.78. The Bertz CT molecular complexity index is 1030. The van der Waals surface area contributed by atoms with E-state index in [2.05, 4.69) is 0 Å². The molecule has 6 atom stereocenters. The second-order valence-corrected chi connectivity index (χ2v) is 7.89. The monoisotopic (exact) mass is 460 g/mol. The van der Waals surface area contributed by atoms with E-state index in [4.69, 9.17) is 14.2 Å². The van der Waals surface area contributed by atoms with Crippen molar-refractivity contribution in [3.63, 3.8) is 0 Å². The molecule has 2 aliphatic rings. The number of fused-ring (bicyclic) bond motifs is 1. The Morgan fingerprint density at radius 1 is 0.939 bits per heavy atom. The molecule has 176 valence electrons. The Kier molecular flexibility index (Phi) is 6.66. The van der Waals surface area contributed by atoms with Gasteiger partial charge in [0.15, 0.2) is 6.29 Å². The predicted octanol–water partition coefficient (Wildman–Crippen LogP) is -0.172. The van der Waals surface area contributed by atoms with Crippen LogP contribution in [0.15, 0.2) is 48.5 Å². The zero-order valence-corrected chi connectivity index (χ0v) is 17.3. The van der Waals surface area contributed by atoms with Gasteiger partial charge in [-0.1, -0.05) is 18.2 Å². The topological polar surface area (TPSA) is 166 Å². The van der Waals surface area contributed by atoms with E-state index in [1.807, 2.05) is 0 Å². The molecular weight excluding hydrogens is 436 g/mol. The summed E-state index contributed by atoms with van der Waals surface area (Å²) in [5, 5.41) is 59.5. The first kappa shape index (κ1) is 23.2. The lowest BCUT2D eigenvalue weighted by Crippen LogP contribution is -2.59. The fourth-order valence-electron chi connectivity index (χ4n) is 3.86. The van der Waals surface area contributed by atoms with Gasteiger partial charge in [-0.05, 0) is 34.9 Å². The third kappa shape index (κ3) is 4.86. The van der Waals surface area contributed by atoms with Gasteiger partial charge in [0.1, 0.15) is 41.7 Å². The Balaban J connectivity index is 1.73. The van der Waals surface area contributed by atoms with Crippen LogP contribution in [0.3, 0.4) is 0 Å². The van der Waals surface area contributed by atoms with Crippen molar-refractivity contribution in [2.75, 3.05) is 6.61 Å². The van der Waals surface area contributed by atoms with Gasteiger partial charge in [-0.3, -0.25) is 0 Å². The maximum atomic E-state index is 12.6. The number of phenolic OH excluding ortho intramolecular Hbond substituents is 2. The minimum Gasteiger partial charge on any atom is -0.508 e. The Morgan fingerprint density at radius 2 is 1.64 bits per heavy atom. The third-order valence-electron chi connectivity index (χ3n) is 5.63. The molecule has 2 aromatic carbocycles. The molecule has 2 aliphatic heterocycles. The van der Waals surface area contributed by atoms with Gasteiger partial charge in [-0.25, -0.2) is 4.79 Å². The number of benzene rings is 2. The number of carbonyl (C=O) groups is 1. The molecule has 2 heterocycles. The fourth-order valence-corrected chi connectivity index (χ4v) is 3.86. The molecular formula is C23H24O10. The summed E-state index contributed by atoms with van der Waals surface area (Å²) in [7, 11) is 0. The molecule has 0 saturated carbocycles. The van der Waals surface area contributed by atoms with Crippen LogP contribution in [0.2, 0.25) is 0 Å². The molecule has 0 radical (unpaired) electrons. The summed E-state index contributed by atoms with van der Waals surface area (Å²) in [6.45, 7) is -0.620. The number of aliphatic hydroxyl groups excluding tert-OH is 4. The molecule has 1 fully saturated rings. The van der Waals surface area contributed by atoms with Crippen molar-refractivity contribution in [2.45, 2.75) is 43.2 Å². The number of ether oxygens (including phenoxy) is 3. The van der Waals surface area contributed by atoms with E-state index in [0.717, 1.165) is 0 Å². The number of rotatable bonds is 4. The van der Waals surface area contributed by atoms with E-state index in [1.54, 1.807) is 18.2 Å². The highest BCUT2D eigenvalue weighted by molar-refractivity contribution is 5.94. The van der Waals surface area contributed by atoms with E-state index in [9.17, 15) is 35.4 Å². The molecule has 2 aromatic rings. The van der Waals surface area contributed by atoms with Gasteiger partial charge in [-0.2, -0.15) is 0 Å². The zero-order valence-electron chi connectivity index (χ0n) is 17.3. The number of hydrogen-bond donors (Lipinski definition) is 6. The van der Waals surface area contributed by atoms with Gasteiger partial charge in [0, 0.05) is 18.6 Å². The van der Waals surface area contributed by atoms with Crippen LogP contribution in [0, 0.1) is 0 Å². The second-order valence-electron chi connectivity index (χ2n) is 7.89. The van der Waals surface area contributed by atoms with Crippen molar-refractivity contribution >= 4 is 11.5 Å². The van der Waals surface area contributed by atoms with E-state index in [1.165, 1.54) is 30.3 Å². The Morgan fingerprint density at radius 3 is 2.33 bits per heavy atom. The van der Waals surface area contributed by atoms with E-state index < -0.39 is 49.4 Å². The summed E-state index contributed by atoms with van der Waals surface area (Å²) in [6, 6.07) is 10.3. The van der Waals surface area contributed by atoms with Gasteiger partial charge < -0.3 is 44.8 Å². The molecule has 1 saturated heterocycles. The molecule has 0 amide bonds. The van der Waals surface area contributed by atoms with Crippen molar-refractivity contribution in [3.05, 3.63) is 59.7 Å². The van der Waals surface area contributed by atoms with Gasteiger partial charge in [0.2, 0.25) is 0 Å². The highest BCUT2D eigenvalue weighted by atomic mass is 16.7. The molecule has 0 bridgehead atoms. The number of aromatic hydroxyl groups is 2. The number of phenols is 2. The van der Waals surface area contributed by atoms with Gasteiger partial charge in [-0.15, -0.1) is 0 Å². The summed E-state index contributed by atoms with van der Waals surface area (Å²) < 4.78 is 16.8. The van der Waals surface area contributed by atoms with Crippen LogP contribution < -0.4 is 4.74 Å².